The van der Waals surface area contributed by atoms with Crippen LogP contribution in [-0.2, 0) is 13.0 Å². The highest BCUT2D eigenvalue weighted by Gasteiger charge is 2.07. The number of rotatable bonds is 9. The zero-order chi connectivity index (χ0) is 16.5. The van der Waals surface area contributed by atoms with E-state index in [4.69, 9.17) is 5.73 Å². The van der Waals surface area contributed by atoms with Gasteiger partial charge in [0.05, 0.1) is 0 Å². The maximum absolute atomic E-state index is 12.1. The second-order valence-electron chi connectivity index (χ2n) is 5.32. The highest BCUT2D eigenvalue weighted by atomic mass is 35.5. The first-order valence-electron chi connectivity index (χ1n) is 7.67. The third-order valence-corrected chi connectivity index (χ3v) is 3.56. The van der Waals surface area contributed by atoms with Crippen molar-refractivity contribution in [2.24, 2.45) is 5.73 Å². The standard InChI is InChI=1S/C18H22F2N2O.ClH/c19-18(20)23-17-8-6-16(7-9-17)14-22(13-11-21)12-10-15-4-2-1-3-5-15;/h1-9,18H,10-14,21H2;1H. The van der Waals surface area contributed by atoms with Gasteiger partial charge in [-0.05, 0) is 29.7 Å². The Morgan fingerprint density at radius 3 is 2.17 bits per heavy atom. The fourth-order valence-corrected chi connectivity index (χ4v) is 2.42. The van der Waals surface area contributed by atoms with Gasteiger partial charge in [-0.15, -0.1) is 12.4 Å². The van der Waals surface area contributed by atoms with Gasteiger partial charge in [0, 0.05) is 26.2 Å². The monoisotopic (exact) mass is 356 g/mol. The number of nitrogens with zero attached hydrogens (tertiary/aromatic N) is 1. The van der Waals surface area contributed by atoms with Gasteiger partial charge in [-0.2, -0.15) is 8.78 Å². The molecule has 0 heterocycles. The second-order valence-corrected chi connectivity index (χ2v) is 5.32. The average molecular weight is 357 g/mol. The molecule has 2 N–H and O–H groups in total. The van der Waals surface area contributed by atoms with Crippen molar-refractivity contribution in [2.45, 2.75) is 19.6 Å². The quantitative estimate of drug-likeness (QED) is 0.744. The molecule has 0 unspecified atom stereocenters. The minimum absolute atomic E-state index is 0. The van der Waals surface area contributed by atoms with Crippen LogP contribution < -0.4 is 10.5 Å². The molecule has 2 aromatic rings. The molecule has 0 aliphatic carbocycles. The van der Waals surface area contributed by atoms with Crippen LogP contribution >= 0.6 is 12.4 Å². The second kappa shape index (κ2) is 11.0. The number of alkyl halides is 2. The third kappa shape index (κ3) is 7.25. The molecule has 2 aromatic carbocycles. The summed E-state index contributed by atoms with van der Waals surface area (Å²) in [7, 11) is 0. The van der Waals surface area contributed by atoms with Crippen molar-refractivity contribution in [1.82, 2.24) is 4.90 Å². The Morgan fingerprint density at radius 1 is 0.917 bits per heavy atom. The van der Waals surface area contributed by atoms with E-state index in [9.17, 15) is 8.78 Å². The first-order valence-corrected chi connectivity index (χ1v) is 7.67. The molecule has 132 valence electrons. The maximum atomic E-state index is 12.1. The first kappa shape index (κ1) is 20.4. The number of ether oxygens (including phenoxy) is 1. The predicted molar refractivity (Wildman–Crippen MR) is 94.8 cm³/mol. The lowest BCUT2D eigenvalue weighted by Crippen LogP contribution is -2.31. The highest BCUT2D eigenvalue weighted by Crippen LogP contribution is 2.16. The Hall–Kier alpha value is -1.69. The summed E-state index contributed by atoms with van der Waals surface area (Å²) in [5.41, 5.74) is 8.02. The van der Waals surface area contributed by atoms with Crippen molar-refractivity contribution < 1.29 is 13.5 Å². The summed E-state index contributed by atoms with van der Waals surface area (Å²) in [6, 6.07) is 17.0. The van der Waals surface area contributed by atoms with Crippen LogP contribution in [0.2, 0.25) is 0 Å². The highest BCUT2D eigenvalue weighted by molar-refractivity contribution is 5.85. The van der Waals surface area contributed by atoms with Crippen LogP contribution in [0.15, 0.2) is 54.6 Å². The van der Waals surface area contributed by atoms with E-state index in [0.717, 1.165) is 31.6 Å². The largest absolute Gasteiger partial charge is 0.435 e. The number of halogens is 3. The molecule has 0 bridgehead atoms. The van der Waals surface area contributed by atoms with Gasteiger partial charge in [0.2, 0.25) is 0 Å². The van der Waals surface area contributed by atoms with Crippen LogP contribution in [0.5, 0.6) is 5.75 Å². The molecule has 0 spiro atoms. The summed E-state index contributed by atoms with van der Waals surface area (Å²) < 4.78 is 28.7. The number of hydrogen-bond acceptors (Lipinski definition) is 3. The predicted octanol–water partition coefficient (Wildman–Crippen LogP) is 3.71. The van der Waals surface area contributed by atoms with Crippen molar-refractivity contribution in [3.63, 3.8) is 0 Å². The van der Waals surface area contributed by atoms with Crippen molar-refractivity contribution in [3.8, 4) is 5.75 Å². The smallest absolute Gasteiger partial charge is 0.387 e. The van der Waals surface area contributed by atoms with Gasteiger partial charge in [0.1, 0.15) is 5.75 Å². The van der Waals surface area contributed by atoms with E-state index in [2.05, 4.69) is 21.8 Å². The first-order chi connectivity index (χ1) is 11.2. The van der Waals surface area contributed by atoms with Gasteiger partial charge >= 0.3 is 6.61 Å². The van der Waals surface area contributed by atoms with E-state index in [0.29, 0.717) is 6.54 Å². The van der Waals surface area contributed by atoms with Crippen LogP contribution in [0.25, 0.3) is 0 Å². The Bertz CT molecular complexity index is 567. The van der Waals surface area contributed by atoms with E-state index in [1.54, 1.807) is 12.1 Å². The van der Waals surface area contributed by atoms with Crippen LogP contribution in [0.1, 0.15) is 11.1 Å². The lowest BCUT2D eigenvalue weighted by molar-refractivity contribution is -0.0498. The maximum Gasteiger partial charge on any atom is 0.387 e. The average Bonchev–Trinajstić information content (AvgIpc) is 2.55. The molecule has 0 aliphatic rings. The van der Waals surface area contributed by atoms with Gasteiger partial charge in [0.15, 0.2) is 0 Å². The summed E-state index contributed by atoms with van der Waals surface area (Å²) in [5.74, 6) is 0.179. The Morgan fingerprint density at radius 2 is 1.58 bits per heavy atom. The number of benzene rings is 2. The van der Waals surface area contributed by atoms with E-state index in [-0.39, 0.29) is 18.2 Å². The van der Waals surface area contributed by atoms with Crippen LogP contribution in [0.3, 0.4) is 0 Å². The molecule has 0 atom stereocenters. The van der Waals surface area contributed by atoms with Crippen molar-refractivity contribution in [3.05, 3.63) is 65.7 Å². The SMILES string of the molecule is Cl.NCCN(CCc1ccccc1)Cc1ccc(OC(F)F)cc1. The van der Waals surface area contributed by atoms with Gasteiger partial charge in [-0.1, -0.05) is 42.5 Å². The molecular formula is C18H23ClF2N2O. The zero-order valence-corrected chi connectivity index (χ0v) is 14.2. The Labute approximate surface area is 147 Å². The lowest BCUT2D eigenvalue weighted by atomic mass is 10.1. The molecule has 24 heavy (non-hydrogen) atoms. The minimum Gasteiger partial charge on any atom is -0.435 e. The van der Waals surface area contributed by atoms with E-state index < -0.39 is 6.61 Å². The topological polar surface area (TPSA) is 38.5 Å². The van der Waals surface area contributed by atoms with Crippen molar-refractivity contribution >= 4 is 12.4 Å². The van der Waals surface area contributed by atoms with Gasteiger partial charge in [-0.25, -0.2) is 0 Å². The normalized spacial score (nSPS) is 10.7. The molecule has 0 saturated carbocycles. The Balaban J connectivity index is 0.00000288. The molecule has 0 saturated heterocycles. The fourth-order valence-electron chi connectivity index (χ4n) is 2.42. The van der Waals surface area contributed by atoms with Crippen molar-refractivity contribution in [1.29, 1.82) is 0 Å². The third-order valence-electron chi connectivity index (χ3n) is 3.56. The summed E-state index contributed by atoms with van der Waals surface area (Å²) in [4.78, 5) is 2.26. The minimum atomic E-state index is -2.79. The van der Waals surface area contributed by atoms with Crippen LogP contribution in [-0.4, -0.2) is 31.1 Å². The molecule has 3 nitrogen and oxygen atoms in total. The van der Waals surface area contributed by atoms with Crippen LogP contribution in [0, 0.1) is 0 Å². The lowest BCUT2D eigenvalue weighted by Gasteiger charge is -2.22. The zero-order valence-electron chi connectivity index (χ0n) is 13.4. The summed E-state index contributed by atoms with van der Waals surface area (Å²) >= 11 is 0. The molecular weight excluding hydrogens is 334 g/mol. The molecule has 0 amide bonds. The molecule has 6 heteroatoms. The van der Waals surface area contributed by atoms with E-state index in [1.165, 1.54) is 5.56 Å². The van der Waals surface area contributed by atoms with E-state index >= 15 is 0 Å². The molecule has 0 aliphatic heterocycles. The number of nitrogens with two attached hydrogens (primary N) is 1. The molecule has 0 radical (unpaired) electrons. The summed E-state index contributed by atoms with van der Waals surface area (Å²) in [6.07, 6.45) is 0.952. The molecule has 2 rings (SSSR count). The molecule has 0 fully saturated rings. The Kier molecular flexibility index (Phi) is 9.30. The fraction of sp³-hybridized carbons (Fsp3) is 0.333. The molecule has 0 aromatic heterocycles. The van der Waals surface area contributed by atoms with E-state index in [1.807, 2.05) is 30.3 Å². The van der Waals surface area contributed by atoms with Gasteiger partial charge < -0.3 is 10.5 Å². The van der Waals surface area contributed by atoms with Gasteiger partial charge in [-0.3, -0.25) is 4.90 Å². The van der Waals surface area contributed by atoms with Crippen molar-refractivity contribution in [2.75, 3.05) is 19.6 Å². The number of hydrogen-bond donors (Lipinski definition) is 1. The summed E-state index contributed by atoms with van der Waals surface area (Å²) in [6.45, 7) is 0.222. The summed E-state index contributed by atoms with van der Waals surface area (Å²) in [5, 5.41) is 0. The van der Waals surface area contributed by atoms with Gasteiger partial charge in [0.25, 0.3) is 0 Å². The van der Waals surface area contributed by atoms with Crippen LogP contribution in [0.4, 0.5) is 8.78 Å².